The molecule has 0 aliphatic carbocycles. The van der Waals surface area contributed by atoms with Crippen molar-refractivity contribution in [2.75, 3.05) is 13.2 Å². The summed E-state index contributed by atoms with van der Waals surface area (Å²) in [5.74, 6) is -0.413. The van der Waals surface area contributed by atoms with Crippen LogP contribution < -0.4 is 11.2 Å². The van der Waals surface area contributed by atoms with Gasteiger partial charge in [0.15, 0.2) is 0 Å². The molecule has 1 atom stereocenters. The van der Waals surface area contributed by atoms with Crippen molar-refractivity contribution in [2.45, 2.75) is 31.7 Å². The Labute approximate surface area is 109 Å². The molecule has 1 unspecified atom stereocenters. The van der Waals surface area contributed by atoms with E-state index >= 15 is 0 Å². The molecule has 2 rings (SSSR count). The van der Waals surface area contributed by atoms with E-state index in [-0.39, 0.29) is 18.3 Å². The zero-order valence-electron chi connectivity index (χ0n) is 10.5. The number of H-pyrrole nitrogens is 2. The SMILES string of the molecule is O=C(c1cc(=O)[nH]c(=O)[nH]1)N1CCCCCC1CO. The average molecular weight is 267 g/mol. The topological polar surface area (TPSA) is 106 Å². The van der Waals surface area contributed by atoms with Gasteiger partial charge in [0.2, 0.25) is 0 Å². The monoisotopic (exact) mass is 267 g/mol. The van der Waals surface area contributed by atoms with Gasteiger partial charge in [-0.25, -0.2) is 4.79 Å². The second kappa shape index (κ2) is 5.83. The lowest BCUT2D eigenvalue weighted by Gasteiger charge is -2.28. The Morgan fingerprint density at radius 3 is 2.79 bits per heavy atom. The first-order chi connectivity index (χ1) is 9.11. The highest BCUT2D eigenvalue weighted by atomic mass is 16.3. The van der Waals surface area contributed by atoms with E-state index in [2.05, 4.69) is 4.98 Å². The lowest BCUT2D eigenvalue weighted by Crippen LogP contribution is -2.43. The maximum atomic E-state index is 12.3. The molecule has 104 valence electrons. The highest BCUT2D eigenvalue weighted by Gasteiger charge is 2.26. The molecule has 3 N–H and O–H groups in total. The second-order valence-electron chi connectivity index (χ2n) is 4.69. The van der Waals surface area contributed by atoms with Crippen LogP contribution in [0, 0.1) is 0 Å². The Morgan fingerprint density at radius 1 is 1.32 bits per heavy atom. The molecule has 1 amide bonds. The van der Waals surface area contributed by atoms with Gasteiger partial charge in [0.05, 0.1) is 12.6 Å². The van der Waals surface area contributed by atoms with Crippen molar-refractivity contribution < 1.29 is 9.90 Å². The first-order valence-corrected chi connectivity index (χ1v) is 6.37. The molecule has 0 aromatic carbocycles. The number of aromatic nitrogens is 2. The van der Waals surface area contributed by atoms with Gasteiger partial charge in [-0.05, 0) is 12.8 Å². The van der Waals surface area contributed by atoms with Gasteiger partial charge in [-0.3, -0.25) is 14.6 Å². The summed E-state index contributed by atoms with van der Waals surface area (Å²) in [6.45, 7) is 0.415. The summed E-state index contributed by atoms with van der Waals surface area (Å²) >= 11 is 0. The summed E-state index contributed by atoms with van der Waals surface area (Å²) in [5.41, 5.74) is -1.34. The maximum Gasteiger partial charge on any atom is 0.326 e. The fraction of sp³-hybridized carbons (Fsp3) is 0.583. The van der Waals surface area contributed by atoms with Gasteiger partial charge < -0.3 is 15.0 Å². The highest BCUT2D eigenvalue weighted by molar-refractivity contribution is 5.92. The molecule has 19 heavy (non-hydrogen) atoms. The average Bonchev–Trinajstić information content (AvgIpc) is 2.61. The molecule has 0 radical (unpaired) electrons. The van der Waals surface area contributed by atoms with Crippen LogP contribution in [0.3, 0.4) is 0 Å². The third-order valence-electron chi connectivity index (χ3n) is 3.34. The number of hydrogen-bond donors (Lipinski definition) is 3. The van der Waals surface area contributed by atoms with Gasteiger partial charge >= 0.3 is 5.69 Å². The number of nitrogens with one attached hydrogen (secondary N) is 2. The van der Waals surface area contributed by atoms with Crippen LogP contribution >= 0.6 is 0 Å². The summed E-state index contributed by atoms with van der Waals surface area (Å²) in [7, 11) is 0. The molecular formula is C12H17N3O4. The van der Waals surface area contributed by atoms with Crippen LogP contribution in [0.25, 0.3) is 0 Å². The zero-order chi connectivity index (χ0) is 13.8. The molecule has 7 heteroatoms. The van der Waals surface area contributed by atoms with Crippen molar-refractivity contribution in [1.29, 1.82) is 0 Å². The smallest absolute Gasteiger partial charge is 0.326 e. The second-order valence-corrected chi connectivity index (χ2v) is 4.69. The number of carbonyl (C=O) groups excluding carboxylic acids is 1. The third-order valence-corrected chi connectivity index (χ3v) is 3.34. The van der Waals surface area contributed by atoms with Gasteiger partial charge in [-0.15, -0.1) is 0 Å². The fourth-order valence-electron chi connectivity index (χ4n) is 2.37. The van der Waals surface area contributed by atoms with E-state index in [1.54, 1.807) is 0 Å². The van der Waals surface area contributed by atoms with E-state index in [1.165, 1.54) is 4.90 Å². The minimum absolute atomic E-state index is 0.0332. The lowest BCUT2D eigenvalue weighted by atomic mass is 10.1. The van der Waals surface area contributed by atoms with Gasteiger partial charge in [-0.2, -0.15) is 0 Å². The van der Waals surface area contributed by atoms with Crippen LogP contribution in [0.1, 0.15) is 36.2 Å². The summed E-state index contributed by atoms with van der Waals surface area (Å²) in [6, 6.07) is 0.820. The predicted molar refractivity (Wildman–Crippen MR) is 68.1 cm³/mol. The van der Waals surface area contributed by atoms with E-state index in [9.17, 15) is 19.5 Å². The summed E-state index contributed by atoms with van der Waals surface area (Å²) in [6.07, 6.45) is 3.55. The standard InChI is InChI=1S/C12H17N3O4/c16-7-8-4-2-1-3-5-15(8)11(18)9-6-10(17)14-12(19)13-9/h6,8,16H,1-5,7H2,(H2,13,14,17,19). The molecule has 1 fully saturated rings. The number of aliphatic hydroxyl groups is 1. The van der Waals surface area contributed by atoms with Gasteiger partial charge in [-0.1, -0.05) is 12.8 Å². The van der Waals surface area contributed by atoms with E-state index < -0.39 is 17.2 Å². The normalized spacial score (nSPS) is 20.1. The van der Waals surface area contributed by atoms with Crippen LogP contribution in [0.15, 0.2) is 15.7 Å². The largest absolute Gasteiger partial charge is 0.394 e. The van der Waals surface area contributed by atoms with Crippen molar-refractivity contribution in [3.8, 4) is 0 Å². The first kappa shape index (κ1) is 13.5. The minimum Gasteiger partial charge on any atom is -0.394 e. The van der Waals surface area contributed by atoms with E-state index in [0.717, 1.165) is 31.7 Å². The summed E-state index contributed by atoms with van der Waals surface area (Å²) in [4.78, 5) is 40.6. The van der Waals surface area contributed by atoms with Gasteiger partial charge in [0.25, 0.3) is 11.5 Å². The Hall–Kier alpha value is -1.89. The number of aromatic amines is 2. The number of nitrogens with zero attached hydrogens (tertiary/aromatic N) is 1. The molecule has 1 aliphatic heterocycles. The number of aliphatic hydroxyl groups excluding tert-OH is 1. The Kier molecular flexibility index (Phi) is 4.16. The van der Waals surface area contributed by atoms with Crippen LogP contribution in [0.2, 0.25) is 0 Å². The van der Waals surface area contributed by atoms with Crippen LogP contribution in [-0.2, 0) is 0 Å². The number of rotatable bonds is 2. The predicted octanol–water partition coefficient (Wildman–Crippen LogP) is -0.560. The molecular weight excluding hydrogens is 250 g/mol. The molecule has 1 saturated heterocycles. The first-order valence-electron chi connectivity index (χ1n) is 6.37. The van der Waals surface area contributed by atoms with E-state index in [0.29, 0.717) is 6.54 Å². The molecule has 1 aromatic rings. The Morgan fingerprint density at radius 2 is 2.11 bits per heavy atom. The van der Waals surface area contributed by atoms with Crippen molar-refractivity contribution in [3.05, 3.63) is 32.6 Å². The lowest BCUT2D eigenvalue weighted by molar-refractivity contribution is 0.0593. The molecule has 2 heterocycles. The maximum absolute atomic E-state index is 12.3. The van der Waals surface area contributed by atoms with Gasteiger partial charge in [0, 0.05) is 12.6 Å². The van der Waals surface area contributed by atoms with Crippen LogP contribution in [0.4, 0.5) is 0 Å². The molecule has 0 spiro atoms. The van der Waals surface area contributed by atoms with Crippen molar-refractivity contribution in [2.24, 2.45) is 0 Å². The van der Waals surface area contributed by atoms with E-state index in [4.69, 9.17) is 0 Å². The third kappa shape index (κ3) is 3.11. The zero-order valence-corrected chi connectivity index (χ0v) is 10.5. The Balaban J connectivity index is 2.30. The molecule has 0 saturated carbocycles. The number of likely N-dealkylation sites (tertiary alicyclic amines) is 1. The van der Waals surface area contributed by atoms with E-state index in [1.807, 2.05) is 4.98 Å². The van der Waals surface area contributed by atoms with Crippen LogP contribution in [-0.4, -0.2) is 45.1 Å². The summed E-state index contributed by atoms with van der Waals surface area (Å²) in [5, 5.41) is 9.36. The number of amides is 1. The minimum atomic E-state index is -0.703. The number of hydrogen-bond acceptors (Lipinski definition) is 4. The molecule has 7 nitrogen and oxygen atoms in total. The summed E-state index contributed by atoms with van der Waals surface area (Å²) < 4.78 is 0. The van der Waals surface area contributed by atoms with Crippen molar-refractivity contribution in [1.82, 2.24) is 14.9 Å². The van der Waals surface area contributed by atoms with Crippen molar-refractivity contribution in [3.63, 3.8) is 0 Å². The van der Waals surface area contributed by atoms with Crippen LogP contribution in [0.5, 0.6) is 0 Å². The van der Waals surface area contributed by atoms with Crippen molar-refractivity contribution >= 4 is 5.91 Å². The molecule has 1 aliphatic rings. The number of carbonyl (C=O) groups is 1. The van der Waals surface area contributed by atoms with Gasteiger partial charge in [0.1, 0.15) is 5.69 Å². The Bertz CT molecular complexity index is 534. The quantitative estimate of drug-likeness (QED) is 0.667. The molecule has 0 bridgehead atoms. The highest BCUT2D eigenvalue weighted by Crippen LogP contribution is 2.17. The molecule has 1 aromatic heterocycles. The fourth-order valence-corrected chi connectivity index (χ4v) is 2.37.